The second-order valence-electron chi connectivity index (χ2n) is 4.70. The van der Waals surface area contributed by atoms with Crippen LogP contribution in [-0.2, 0) is 5.54 Å². The number of aliphatic hydroxyl groups is 1. The summed E-state index contributed by atoms with van der Waals surface area (Å²) in [6.45, 7) is 3.99. The van der Waals surface area contributed by atoms with Gasteiger partial charge in [0.25, 0.3) is 0 Å². The van der Waals surface area contributed by atoms with E-state index in [-0.39, 0.29) is 6.61 Å². The fourth-order valence-corrected chi connectivity index (χ4v) is 1.90. The maximum atomic E-state index is 9.68. The molecule has 0 aliphatic heterocycles. The van der Waals surface area contributed by atoms with Crippen molar-refractivity contribution in [3.05, 3.63) is 59.8 Å². The lowest BCUT2D eigenvalue weighted by Gasteiger charge is -2.30. The molecule has 0 aliphatic rings. The first-order valence-electron chi connectivity index (χ1n) is 6.01. The van der Waals surface area contributed by atoms with E-state index in [1.807, 2.05) is 56.3 Å². The van der Waals surface area contributed by atoms with Crippen molar-refractivity contribution in [2.75, 3.05) is 11.9 Å². The van der Waals surface area contributed by atoms with E-state index in [2.05, 4.69) is 10.3 Å². The third-order valence-electron chi connectivity index (χ3n) is 3.05. The van der Waals surface area contributed by atoms with Crippen molar-refractivity contribution in [1.29, 1.82) is 0 Å². The van der Waals surface area contributed by atoms with E-state index in [0.717, 1.165) is 16.9 Å². The Bertz CT molecular complexity index is 513. The Morgan fingerprint density at radius 1 is 1.22 bits per heavy atom. The van der Waals surface area contributed by atoms with E-state index >= 15 is 0 Å². The lowest BCUT2D eigenvalue weighted by molar-refractivity contribution is 0.223. The molecular formula is C15H18N2O. The summed E-state index contributed by atoms with van der Waals surface area (Å²) in [5, 5.41) is 13.0. The van der Waals surface area contributed by atoms with Crippen molar-refractivity contribution in [3.8, 4) is 0 Å². The van der Waals surface area contributed by atoms with Crippen LogP contribution in [0.2, 0.25) is 0 Å². The van der Waals surface area contributed by atoms with Gasteiger partial charge in [-0.1, -0.05) is 30.3 Å². The van der Waals surface area contributed by atoms with Gasteiger partial charge in [0.15, 0.2) is 0 Å². The molecule has 1 aromatic heterocycles. The molecule has 0 spiro atoms. The van der Waals surface area contributed by atoms with E-state index in [9.17, 15) is 5.11 Å². The fourth-order valence-electron chi connectivity index (χ4n) is 1.90. The molecule has 0 saturated carbocycles. The topological polar surface area (TPSA) is 45.2 Å². The van der Waals surface area contributed by atoms with Crippen molar-refractivity contribution in [2.45, 2.75) is 19.4 Å². The predicted octanol–water partition coefficient (Wildman–Crippen LogP) is 2.71. The summed E-state index contributed by atoms with van der Waals surface area (Å²) in [6, 6.07) is 13.8. The van der Waals surface area contributed by atoms with E-state index in [4.69, 9.17) is 0 Å². The largest absolute Gasteiger partial charge is 0.394 e. The summed E-state index contributed by atoms with van der Waals surface area (Å²) in [7, 11) is 0. The molecule has 1 atom stereocenters. The molecule has 1 unspecified atom stereocenters. The molecule has 18 heavy (non-hydrogen) atoms. The minimum atomic E-state index is -0.526. The molecule has 0 amide bonds. The number of aliphatic hydroxyl groups excluding tert-OH is 1. The molecule has 2 aromatic rings. The molecule has 0 bridgehead atoms. The summed E-state index contributed by atoms with van der Waals surface area (Å²) in [4.78, 5) is 4.28. The van der Waals surface area contributed by atoms with Crippen LogP contribution in [-0.4, -0.2) is 16.7 Å². The third kappa shape index (κ3) is 2.68. The maximum Gasteiger partial charge on any atom is 0.126 e. The summed E-state index contributed by atoms with van der Waals surface area (Å²) in [5.41, 5.74) is 1.65. The van der Waals surface area contributed by atoms with Crippen LogP contribution in [0.25, 0.3) is 0 Å². The van der Waals surface area contributed by atoms with Gasteiger partial charge >= 0.3 is 0 Å². The van der Waals surface area contributed by atoms with Crippen LogP contribution in [0.4, 0.5) is 5.82 Å². The van der Waals surface area contributed by atoms with Crippen LogP contribution in [0.15, 0.2) is 48.7 Å². The van der Waals surface area contributed by atoms with Gasteiger partial charge < -0.3 is 10.4 Å². The Balaban J connectivity index is 2.29. The van der Waals surface area contributed by atoms with Crippen molar-refractivity contribution < 1.29 is 5.11 Å². The normalized spacial score (nSPS) is 13.9. The number of hydrogen-bond acceptors (Lipinski definition) is 3. The van der Waals surface area contributed by atoms with E-state index in [1.165, 1.54) is 0 Å². The molecule has 2 rings (SSSR count). The van der Waals surface area contributed by atoms with Gasteiger partial charge in [0.05, 0.1) is 12.1 Å². The van der Waals surface area contributed by atoms with Crippen LogP contribution >= 0.6 is 0 Å². The van der Waals surface area contributed by atoms with Crippen LogP contribution in [0.1, 0.15) is 18.1 Å². The van der Waals surface area contributed by atoms with Gasteiger partial charge in [0.2, 0.25) is 0 Å². The van der Waals surface area contributed by atoms with Crippen LogP contribution < -0.4 is 5.32 Å². The van der Waals surface area contributed by atoms with Crippen LogP contribution in [0, 0.1) is 6.92 Å². The average Bonchev–Trinajstić information content (AvgIpc) is 2.39. The van der Waals surface area contributed by atoms with Crippen molar-refractivity contribution in [1.82, 2.24) is 4.98 Å². The first-order valence-corrected chi connectivity index (χ1v) is 6.01. The summed E-state index contributed by atoms with van der Waals surface area (Å²) in [5.74, 6) is 0.774. The molecule has 1 aromatic carbocycles. The highest BCUT2D eigenvalue weighted by molar-refractivity contribution is 5.43. The molecule has 94 valence electrons. The number of nitrogens with zero attached hydrogens (tertiary/aromatic N) is 1. The number of aryl methyl sites for hydroxylation is 1. The van der Waals surface area contributed by atoms with Gasteiger partial charge in [-0.15, -0.1) is 0 Å². The molecule has 0 saturated heterocycles. The highest BCUT2D eigenvalue weighted by Crippen LogP contribution is 2.24. The number of aromatic nitrogens is 1. The molecule has 3 nitrogen and oxygen atoms in total. The van der Waals surface area contributed by atoms with E-state index < -0.39 is 5.54 Å². The Morgan fingerprint density at radius 3 is 2.56 bits per heavy atom. The number of hydrogen-bond donors (Lipinski definition) is 2. The lowest BCUT2D eigenvalue weighted by Crippen LogP contribution is -2.36. The number of anilines is 1. The summed E-state index contributed by atoms with van der Waals surface area (Å²) in [6.07, 6.45) is 1.76. The van der Waals surface area contributed by atoms with Gasteiger partial charge in [-0.25, -0.2) is 4.98 Å². The van der Waals surface area contributed by atoms with Gasteiger partial charge in [0, 0.05) is 6.20 Å². The molecule has 0 aliphatic carbocycles. The second-order valence-corrected chi connectivity index (χ2v) is 4.70. The van der Waals surface area contributed by atoms with Gasteiger partial charge in [-0.05, 0) is 37.1 Å². The van der Waals surface area contributed by atoms with Crippen molar-refractivity contribution >= 4 is 5.82 Å². The average molecular weight is 242 g/mol. The second kappa shape index (κ2) is 5.19. The molecular weight excluding hydrogens is 224 g/mol. The first kappa shape index (κ1) is 12.6. The fraction of sp³-hybridized carbons (Fsp3) is 0.267. The van der Waals surface area contributed by atoms with Gasteiger partial charge in [-0.3, -0.25) is 0 Å². The van der Waals surface area contributed by atoms with E-state index in [0.29, 0.717) is 0 Å². The van der Waals surface area contributed by atoms with Crippen molar-refractivity contribution in [3.63, 3.8) is 0 Å². The van der Waals surface area contributed by atoms with E-state index in [1.54, 1.807) is 6.20 Å². The molecule has 1 heterocycles. The smallest absolute Gasteiger partial charge is 0.126 e. The minimum Gasteiger partial charge on any atom is -0.394 e. The summed E-state index contributed by atoms with van der Waals surface area (Å²) >= 11 is 0. The van der Waals surface area contributed by atoms with Gasteiger partial charge in [0.1, 0.15) is 5.82 Å². The molecule has 0 fully saturated rings. The lowest BCUT2D eigenvalue weighted by atomic mass is 9.93. The predicted molar refractivity (Wildman–Crippen MR) is 73.5 cm³/mol. The molecule has 2 N–H and O–H groups in total. The zero-order valence-electron chi connectivity index (χ0n) is 10.7. The first-order chi connectivity index (χ1) is 8.64. The maximum absolute atomic E-state index is 9.68. The third-order valence-corrected chi connectivity index (χ3v) is 3.05. The number of rotatable bonds is 4. The standard InChI is InChI=1S/C15H18N2O/c1-12-8-9-16-14(10-12)17-15(2,11-18)13-6-4-3-5-7-13/h3-10,18H,11H2,1-2H3,(H,16,17). The van der Waals surface area contributed by atoms with Crippen molar-refractivity contribution in [2.24, 2.45) is 0 Å². The quantitative estimate of drug-likeness (QED) is 0.866. The number of nitrogens with one attached hydrogen (secondary N) is 1. The zero-order chi connectivity index (χ0) is 13.0. The highest BCUT2D eigenvalue weighted by Gasteiger charge is 2.25. The van der Waals surface area contributed by atoms with Gasteiger partial charge in [-0.2, -0.15) is 0 Å². The Labute approximate surface area is 108 Å². The zero-order valence-corrected chi connectivity index (χ0v) is 10.7. The number of pyridine rings is 1. The van der Waals surface area contributed by atoms with Crippen LogP contribution in [0.3, 0.4) is 0 Å². The minimum absolute atomic E-state index is 0.00658. The molecule has 3 heteroatoms. The number of benzene rings is 1. The highest BCUT2D eigenvalue weighted by atomic mass is 16.3. The van der Waals surface area contributed by atoms with Crippen LogP contribution in [0.5, 0.6) is 0 Å². The Morgan fingerprint density at radius 2 is 1.94 bits per heavy atom. The Kier molecular flexibility index (Phi) is 3.63. The Hall–Kier alpha value is -1.87. The SMILES string of the molecule is Cc1ccnc(NC(C)(CO)c2ccccc2)c1. The summed E-state index contributed by atoms with van der Waals surface area (Å²) < 4.78 is 0. The monoisotopic (exact) mass is 242 g/mol. The molecule has 0 radical (unpaired) electrons.